The van der Waals surface area contributed by atoms with E-state index in [2.05, 4.69) is 15.4 Å². The van der Waals surface area contributed by atoms with Crippen molar-refractivity contribution in [3.63, 3.8) is 0 Å². The Bertz CT molecular complexity index is 3380. The predicted molar refractivity (Wildman–Crippen MR) is 310 cm³/mol. The number of benzene rings is 4. The number of carbonyl (C=O) groups excluding carboxylic acids is 9. The second-order valence-electron chi connectivity index (χ2n) is 24.6. The highest BCUT2D eigenvalue weighted by Gasteiger charge is 2.38. The van der Waals surface area contributed by atoms with Crippen molar-refractivity contribution in [2.75, 3.05) is 52.6 Å². The summed E-state index contributed by atoms with van der Waals surface area (Å²) < 4.78 is 136. The van der Waals surface area contributed by atoms with Crippen LogP contribution in [-0.4, -0.2) is 156 Å². The molecule has 2 heterocycles. The number of carboxylic acid groups (broad SMARTS) is 1. The highest BCUT2D eigenvalue weighted by Crippen LogP contribution is 2.30. The molecular weight excluding hydrogens is 1230 g/mol. The Hall–Kier alpha value is -8.66. The molecule has 2 aliphatic heterocycles. The molecule has 4 aromatic carbocycles. The van der Waals surface area contributed by atoms with Crippen molar-refractivity contribution in [2.45, 2.75) is 142 Å². The summed E-state index contributed by atoms with van der Waals surface area (Å²) in [5.74, 6) is -27.6. The van der Waals surface area contributed by atoms with Gasteiger partial charge < -0.3 is 49.2 Å². The van der Waals surface area contributed by atoms with Gasteiger partial charge in [-0.15, -0.1) is 0 Å². The van der Waals surface area contributed by atoms with Gasteiger partial charge in [-0.05, 0) is 66.7 Å². The van der Waals surface area contributed by atoms with Crippen LogP contribution in [0.3, 0.4) is 0 Å². The summed E-state index contributed by atoms with van der Waals surface area (Å²) in [4.78, 5) is 131. The van der Waals surface area contributed by atoms with Gasteiger partial charge in [0.1, 0.15) is 30.9 Å². The van der Waals surface area contributed by atoms with Crippen LogP contribution >= 0.6 is 0 Å². The number of carbonyl (C=O) groups is 10. The normalized spacial score (nSPS) is 16.1. The molecule has 2 aliphatic rings. The van der Waals surface area contributed by atoms with Crippen molar-refractivity contribution in [1.29, 1.82) is 0 Å². The van der Waals surface area contributed by atoms with E-state index in [1.54, 1.807) is 45.0 Å². The zero-order valence-electron chi connectivity index (χ0n) is 52.0. The highest BCUT2D eigenvalue weighted by atomic mass is 19.2. The molecule has 4 amide bonds. The molecule has 2 fully saturated rings. The van der Waals surface area contributed by atoms with Gasteiger partial charge in [0.15, 0.2) is 58.5 Å². The molecule has 28 heteroatoms. The number of nitrogens with zero attached hydrogens (tertiary/aromatic N) is 2. The van der Waals surface area contributed by atoms with Crippen molar-refractivity contribution < 1.29 is 112 Å². The maximum Gasteiger partial charge on any atom is 0.308 e. The number of esters is 1. The average molecular weight is 1310 g/mol. The summed E-state index contributed by atoms with van der Waals surface area (Å²) in [6, 6.07) is 10.9. The summed E-state index contributed by atoms with van der Waals surface area (Å²) in [7, 11) is 0. The molecule has 4 atom stereocenters. The molecular formula is C64H72F8N4O16. The molecule has 4 aromatic rings. The number of carboxylic acids is 1. The van der Waals surface area contributed by atoms with Crippen LogP contribution in [0.4, 0.5) is 35.1 Å². The second kappa shape index (κ2) is 32.1. The lowest BCUT2D eigenvalue weighted by atomic mass is 9.82. The van der Waals surface area contributed by atoms with E-state index in [1.165, 1.54) is 4.90 Å². The fraction of sp³-hybridized carbons (Fsp3) is 0.469. The number of amides is 4. The van der Waals surface area contributed by atoms with Gasteiger partial charge in [0.25, 0.3) is 23.6 Å². The number of ketones is 4. The Kier molecular flexibility index (Phi) is 25.8. The molecule has 0 unspecified atom stereocenters. The van der Waals surface area contributed by atoms with Crippen LogP contribution in [-0.2, 0) is 85.8 Å². The number of halogens is 8. The van der Waals surface area contributed by atoms with Crippen molar-refractivity contribution in [3.05, 3.63) is 129 Å². The number of nitrogens with one attached hydrogen (secondary N) is 2. The fourth-order valence-corrected chi connectivity index (χ4v) is 9.59. The molecule has 3 N–H and O–H groups in total. The number of hydrogen-bond donors (Lipinski definition) is 3. The number of ether oxygens (including phenoxy) is 5. The Labute approximate surface area is 524 Å². The van der Waals surface area contributed by atoms with Crippen LogP contribution < -0.4 is 20.1 Å². The van der Waals surface area contributed by atoms with Crippen LogP contribution in [0.2, 0.25) is 0 Å². The molecule has 0 aromatic heterocycles. The third-order valence-electron chi connectivity index (χ3n) is 14.0. The second-order valence-corrected chi connectivity index (χ2v) is 24.6. The monoisotopic (exact) mass is 1300 g/mol. The maximum atomic E-state index is 14.1. The largest absolute Gasteiger partial charge is 0.481 e. The summed E-state index contributed by atoms with van der Waals surface area (Å²) in [6.07, 6.45) is -4.31. The quantitative estimate of drug-likeness (QED) is 0.0309. The van der Waals surface area contributed by atoms with Crippen molar-refractivity contribution in [2.24, 2.45) is 0 Å². The number of rotatable bonds is 22. The van der Waals surface area contributed by atoms with Gasteiger partial charge in [-0.3, -0.25) is 47.9 Å². The molecule has 0 bridgehead atoms. The third kappa shape index (κ3) is 20.9. The summed E-state index contributed by atoms with van der Waals surface area (Å²) in [5.41, 5.74) is 1.61. The first-order valence-electron chi connectivity index (χ1n) is 28.9. The first-order valence-corrected chi connectivity index (χ1v) is 28.9. The lowest BCUT2D eigenvalue weighted by Gasteiger charge is -2.26. The van der Waals surface area contributed by atoms with Crippen molar-refractivity contribution in [1.82, 2.24) is 20.4 Å². The minimum absolute atomic E-state index is 0.00669. The van der Waals surface area contributed by atoms with E-state index < -0.39 is 173 Å². The first-order chi connectivity index (χ1) is 42.9. The van der Waals surface area contributed by atoms with Gasteiger partial charge in [0.2, 0.25) is 34.8 Å². The number of Topliss-reactive ketones (excluding diaryl/α,β-unsaturated/α-hetero) is 4. The van der Waals surface area contributed by atoms with Gasteiger partial charge in [0, 0.05) is 51.3 Å². The highest BCUT2D eigenvalue weighted by molar-refractivity contribution is 6.37. The van der Waals surface area contributed by atoms with Gasteiger partial charge in [-0.25, -0.2) is 17.6 Å². The van der Waals surface area contributed by atoms with Crippen LogP contribution in [0.25, 0.3) is 0 Å². The first kappa shape index (κ1) is 74.1. The van der Waals surface area contributed by atoms with Gasteiger partial charge in [-0.2, -0.15) is 17.6 Å². The van der Waals surface area contributed by atoms with E-state index in [0.29, 0.717) is 11.1 Å². The molecule has 2 saturated heterocycles. The number of aliphatic carboxylic acids is 1. The van der Waals surface area contributed by atoms with Crippen LogP contribution in [0.5, 0.6) is 11.5 Å². The maximum absolute atomic E-state index is 14.1. The fourth-order valence-electron chi connectivity index (χ4n) is 9.59. The van der Waals surface area contributed by atoms with E-state index in [-0.39, 0.29) is 88.0 Å². The van der Waals surface area contributed by atoms with Crippen LogP contribution in [0.15, 0.2) is 60.7 Å². The summed E-state index contributed by atoms with van der Waals surface area (Å²) >= 11 is 0. The summed E-state index contributed by atoms with van der Waals surface area (Å²) in [6.45, 7) is 13.5. The predicted octanol–water partition coefficient (Wildman–Crippen LogP) is 7.01. The zero-order chi connectivity index (χ0) is 68.7. The van der Waals surface area contributed by atoms with Crippen molar-refractivity contribution >= 4 is 58.7 Å². The Morgan fingerprint density at radius 1 is 0.543 bits per heavy atom. The minimum atomic E-state index is -1.91. The lowest BCUT2D eigenvalue weighted by molar-refractivity contribution is -0.157. The molecule has 0 aliphatic carbocycles. The van der Waals surface area contributed by atoms with Crippen LogP contribution in [0, 0.1) is 46.5 Å². The Balaban J connectivity index is 0.000000335. The smallest absolute Gasteiger partial charge is 0.308 e. The topological polar surface area (TPSA) is 268 Å². The van der Waals surface area contributed by atoms with E-state index in [9.17, 15) is 88.2 Å². The standard InChI is InChI=1S/C34H40F4N2O8.C30H32F4N2O8/c1-33(2,3)20-11-8-7-10-19(20)14-24(41)32(45)40-12-9-13-46-26(17-40)31(44)39-23(16-27(43)48-34(4,5)6)25(42)18-47-30-28(37)21(35)15-22(36)29(30)38;1-30(2,3)17-8-5-4-7-16(17)11-21(37)29(42)36-9-6-10-43-23(14-36)28(41)35-20(13-24(39)40)22(38)15-44-27-25(33)18(31)12-19(32)26(27)34/h7-8,10-11,15,23,26H,9,12-14,16-18H2,1-6H3,(H,39,44);4-5,7-8,12,20,23H,6,9-11,13-15H2,1-3H3,(H,35,41)(H,39,40)/t23-,26-;20-,23-/m00/s1. The zero-order valence-corrected chi connectivity index (χ0v) is 52.0. The van der Waals surface area contributed by atoms with E-state index in [4.69, 9.17) is 18.9 Å². The van der Waals surface area contributed by atoms with Crippen molar-refractivity contribution in [3.8, 4) is 11.5 Å². The molecule has 500 valence electrons. The molecule has 6 rings (SSSR count). The van der Waals surface area contributed by atoms with Crippen LogP contribution in [0.1, 0.15) is 110 Å². The van der Waals surface area contributed by atoms with Gasteiger partial charge >= 0.3 is 11.9 Å². The molecule has 92 heavy (non-hydrogen) atoms. The molecule has 0 spiro atoms. The summed E-state index contributed by atoms with van der Waals surface area (Å²) in [5, 5.41) is 13.7. The number of hydrogen-bond acceptors (Lipinski definition) is 15. The third-order valence-corrected chi connectivity index (χ3v) is 14.0. The molecule has 20 nitrogen and oxygen atoms in total. The van der Waals surface area contributed by atoms with Gasteiger partial charge in [-0.1, -0.05) is 90.1 Å². The van der Waals surface area contributed by atoms with Gasteiger partial charge in [0.05, 0.1) is 25.9 Å². The molecule has 0 saturated carbocycles. The minimum Gasteiger partial charge on any atom is -0.481 e. The van der Waals surface area contributed by atoms with E-state index in [0.717, 1.165) is 16.0 Å². The average Bonchev–Trinajstić information content (AvgIpc) is 2.65. The lowest BCUT2D eigenvalue weighted by Crippen LogP contribution is -2.52. The SMILES string of the molecule is CC(C)(C)OC(=O)C[C@H](NC(=O)[C@@H]1CN(C(=O)C(=O)Cc2ccccc2C(C)(C)C)CCCO1)C(=O)COc1c(F)c(F)cc(F)c1F.CC(C)(C)c1ccccc1CC(=O)C(=O)N1CCCO[C@H](C(=O)N[C@@H](CC(=O)O)C(=O)COc2c(F)c(F)cc(F)c2F)C1. The Morgan fingerprint density at radius 2 is 0.891 bits per heavy atom. The molecule has 0 radical (unpaired) electrons. The van der Waals surface area contributed by atoms with E-state index in [1.807, 2.05) is 65.8 Å². The van der Waals surface area contributed by atoms with E-state index >= 15 is 0 Å². The Morgan fingerprint density at radius 3 is 1.23 bits per heavy atom.